The Morgan fingerprint density at radius 3 is 2.16 bits per heavy atom. The van der Waals surface area contributed by atoms with Gasteiger partial charge in [-0.05, 0) is 0 Å². The van der Waals surface area contributed by atoms with Gasteiger partial charge in [0.2, 0.25) is 0 Å². The zero-order chi connectivity index (χ0) is 18.6. The van der Waals surface area contributed by atoms with Crippen molar-refractivity contribution < 1.29 is 43.7 Å². The second-order valence-corrected chi connectivity index (χ2v) is 5.74. The highest BCUT2D eigenvalue weighted by atomic mass is 16.5. The number of carboxylic acids is 2. The van der Waals surface area contributed by atoms with E-state index in [1.165, 1.54) is 0 Å². The van der Waals surface area contributed by atoms with Crippen LogP contribution in [0.15, 0.2) is 12.2 Å². The summed E-state index contributed by atoms with van der Waals surface area (Å²) in [5.41, 5.74) is -1.88. The Balaban J connectivity index is 1.60. The van der Waals surface area contributed by atoms with E-state index in [9.17, 15) is 24.0 Å². The standard InChI is InChI=1S/C15H17NO9/c17-10-1-2-11(18)16(10)4-6-24-5-3-12(19)25-9-7-15(8-9,13(20)21)14(22)23/h1-2,9H,3-8H2,(H,20,21)(H,22,23). The highest BCUT2D eigenvalue weighted by Crippen LogP contribution is 2.43. The van der Waals surface area contributed by atoms with Gasteiger partial charge in [-0.15, -0.1) is 0 Å². The van der Waals surface area contributed by atoms with E-state index in [0.717, 1.165) is 17.1 Å². The molecule has 0 saturated heterocycles. The van der Waals surface area contributed by atoms with Gasteiger partial charge in [0.25, 0.3) is 11.8 Å². The summed E-state index contributed by atoms with van der Waals surface area (Å²) >= 11 is 0. The molecule has 1 aliphatic heterocycles. The van der Waals surface area contributed by atoms with Gasteiger partial charge in [-0.3, -0.25) is 28.9 Å². The van der Waals surface area contributed by atoms with Gasteiger partial charge in [-0.2, -0.15) is 0 Å². The summed E-state index contributed by atoms with van der Waals surface area (Å²) in [5, 5.41) is 17.9. The van der Waals surface area contributed by atoms with Crippen LogP contribution in [0.1, 0.15) is 19.3 Å². The van der Waals surface area contributed by atoms with Gasteiger partial charge in [0, 0.05) is 25.0 Å². The van der Waals surface area contributed by atoms with Crippen LogP contribution in [0.2, 0.25) is 0 Å². The molecular weight excluding hydrogens is 338 g/mol. The maximum absolute atomic E-state index is 11.6. The van der Waals surface area contributed by atoms with Gasteiger partial charge in [0.15, 0.2) is 5.41 Å². The van der Waals surface area contributed by atoms with Crippen molar-refractivity contribution in [3.63, 3.8) is 0 Å². The molecule has 25 heavy (non-hydrogen) atoms. The molecule has 0 spiro atoms. The fourth-order valence-electron chi connectivity index (χ4n) is 2.55. The first kappa shape index (κ1) is 18.6. The zero-order valence-corrected chi connectivity index (χ0v) is 13.2. The van der Waals surface area contributed by atoms with Crippen LogP contribution in [0.5, 0.6) is 0 Å². The number of esters is 1. The number of nitrogens with zero attached hydrogens (tertiary/aromatic N) is 1. The predicted molar refractivity (Wildman–Crippen MR) is 78.1 cm³/mol. The van der Waals surface area contributed by atoms with E-state index in [1.54, 1.807) is 0 Å². The fourth-order valence-corrected chi connectivity index (χ4v) is 2.55. The van der Waals surface area contributed by atoms with E-state index in [2.05, 4.69) is 0 Å². The number of hydrogen-bond acceptors (Lipinski definition) is 7. The largest absolute Gasteiger partial charge is 0.480 e. The molecule has 0 bridgehead atoms. The van der Waals surface area contributed by atoms with Gasteiger partial charge >= 0.3 is 17.9 Å². The molecule has 1 fully saturated rings. The number of carbonyl (C=O) groups excluding carboxylic acids is 3. The molecule has 0 aromatic rings. The monoisotopic (exact) mass is 355 g/mol. The molecule has 2 N–H and O–H groups in total. The summed E-state index contributed by atoms with van der Waals surface area (Å²) in [6, 6.07) is 0. The van der Waals surface area contributed by atoms with E-state index in [1.807, 2.05) is 0 Å². The molecular formula is C15H17NO9. The van der Waals surface area contributed by atoms with Crippen LogP contribution in [0.4, 0.5) is 0 Å². The van der Waals surface area contributed by atoms with Gasteiger partial charge in [-0.25, -0.2) is 0 Å². The van der Waals surface area contributed by atoms with E-state index < -0.39 is 41.2 Å². The zero-order valence-electron chi connectivity index (χ0n) is 13.2. The van der Waals surface area contributed by atoms with Crippen molar-refractivity contribution in [2.75, 3.05) is 19.8 Å². The quantitative estimate of drug-likeness (QED) is 0.234. The van der Waals surface area contributed by atoms with E-state index in [0.29, 0.717) is 0 Å². The van der Waals surface area contributed by atoms with Crippen LogP contribution in [0.25, 0.3) is 0 Å². The molecule has 0 unspecified atom stereocenters. The lowest BCUT2D eigenvalue weighted by atomic mass is 9.66. The molecule has 0 aromatic heterocycles. The van der Waals surface area contributed by atoms with E-state index >= 15 is 0 Å². The molecule has 136 valence electrons. The average molecular weight is 355 g/mol. The maximum atomic E-state index is 11.6. The number of amides is 2. The predicted octanol–water partition coefficient (Wildman–Crippen LogP) is -0.821. The topological polar surface area (TPSA) is 148 Å². The first-order valence-electron chi connectivity index (χ1n) is 7.54. The first-order valence-corrected chi connectivity index (χ1v) is 7.54. The number of ether oxygens (including phenoxy) is 2. The molecule has 1 saturated carbocycles. The summed E-state index contributed by atoms with van der Waals surface area (Å²) in [5.74, 6) is -4.37. The molecule has 2 rings (SSSR count). The highest BCUT2D eigenvalue weighted by Gasteiger charge is 2.58. The lowest BCUT2D eigenvalue weighted by molar-refractivity contribution is -0.189. The lowest BCUT2D eigenvalue weighted by Crippen LogP contribution is -2.53. The molecule has 1 heterocycles. The SMILES string of the molecule is O=C(CCOCCN1C(=O)C=CC1=O)OC1CC(C(=O)O)(C(=O)O)C1. The Morgan fingerprint density at radius 1 is 1.08 bits per heavy atom. The molecule has 10 heteroatoms. The number of carboxylic acid groups (broad SMARTS) is 2. The van der Waals surface area contributed by atoms with Crippen LogP contribution >= 0.6 is 0 Å². The summed E-state index contributed by atoms with van der Waals surface area (Å²) in [7, 11) is 0. The molecule has 0 aromatic carbocycles. The van der Waals surface area contributed by atoms with Crippen molar-refractivity contribution >= 4 is 29.7 Å². The number of hydrogen-bond donors (Lipinski definition) is 2. The Bertz CT molecular complexity index is 599. The Morgan fingerprint density at radius 2 is 1.64 bits per heavy atom. The third-order valence-corrected chi connectivity index (χ3v) is 4.08. The number of carbonyl (C=O) groups is 5. The minimum absolute atomic E-state index is 0.00178. The van der Waals surface area contributed by atoms with Gasteiger partial charge < -0.3 is 19.7 Å². The Kier molecular flexibility index (Phi) is 5.52. The van der Waals surface area contributed by atoms with Crippen LogP contribution in [0.3, 0.4) is 0 Å². The van der Waals surface area contributed by atoms with Crippen molar-refractivity contribution in [2.45, 2.75) is 25.4 Å². The molecule has 1 aliphatic carbocycles. The van der Waals surface area contributed by atoms with Crippen molar-refractivity contribution in [2.24, 2.45) is 5.41 Å². The summed E-state index contributed by atoms with van der Waals surface area (Å²) < 4.78 is 10.1. The molecule has 2 amide bonds. The minimum atomic E-state index is -1.88. The number of aliphatic carboxylic acids is 2. The normalized spacial score (nSPS) is 19.0. The summed E-state index contributed by atoms with van der Waals surface area (Å²) in [6.45, 7) is 0.136. The molecule has 0 radical (unpaired) electrons. The van der Waals surface area contributed by atoms with Crippen molar-refractivity contribution in [1.29, 1.82) is 0 Å². The van der Waals surface area contributed by atoms with Gasteiger partial charge in [0.05, 0.1) is 26.2 Å². The third kappa shape index (κ3) is 4.02. The minimum Gasteiger partial charge on any atom is -0.480 e. The fraction of sp³-hybridized carbons (Fsp3) is 0.533. The second-order valence-electron chi connectivity index (χ2n) is 5.74. The molecule has 10 nitrogen and oxygen atoms in total. The van der Waals surface area contributed by atoms with E-state index in [-0.39, 0.29) is 39.0 Å². The third-order valence-electron chi connectivity index (χ3n) is 4.08. The van der Waals surface area contributed by atoms with E-state index in [4.69, 9.17) is 19.7 Å². The smallest absolute Gasteiger partial charge is 0.321 e. The maximum Gasteiger partial charge on any atom is 0.321 e. The van der Waals surface area contributed by atoms with Crippen molar-refractivity contribution in [3.05, 3.63) is 12.2 Å². The Labute approximate surface area is 142 Å². The summed E-state index contributed by atoms with van der Waals surface area (Å²) in [4.78, 5) is 57.1. The second kappa shape index (κ2) is 7.43. The van der Waals surface area contributed by atoms with Gasteiger partial charge in [-0.1, -0.05) is 0 Å². The summed E-state index contributed by atoms with van der Waals surface area (Å²) in [6.07, 6.45) is 0.932. The first-order chi connectivity index (χ1) is 11.8. The van der Waals surface area contributed by atoms with Crippen LogP contribution in [-0.2, 0) is 33.4 Å². The van der Waals surface area contributed by atoms with Crippen LogP contribution in [-0.4, -0.2) is 70.7 Å². The molecule has 0 atom stereocenters. The van der Waals surface area contributed by atoms with Crippen LogP contribution in [0, 0.1) is 5.41 Å². The highest BCUT2D eigenvalue weighted by molar-refractivity contribution is 6.12. The number of imide groups is 1. The lowest BCUT2D eigenvalue weighted by Gasteiger charge is -2.39. The van der Waals surface area contributed by atoms with Crippen molar-refractivity contribution in [1.82, 2.24) is 4.90 Å². The average Bonchev–Trinajstić information content (AvgIpc) is 2.80. The molecule has 2 aliphatic rings. The Hall–Kier alpha value is -2.75. The van der Waals surface area contributed by atoms with Crippen LogP contribution < -0.4 is 0 Å². The van der Waals surface area contributed by atoms with Crippen molar-refractivity contribution in [3.8, 4) is 0 Å². The number of rotatable bonds is 9. The van der Waals surface area contributed by atoms with Gasteiger partial charge in [0.1, 0.15) is 6.10 Å².